The number of hydrogen-bond donors (Lipinski definition) is 1. The second-order valence-electron chi connectivity index (χ2n) is 7.48. The summed E-state index contributed by atoms with van der Waals surface area (Å²) >= 11 is 12.4. The highest BCUT2D eigenvalue weighted by Gasteiger charge is 2.30. The summed E-state index contributed by atoms with van der Waals surface area (Å²) < 4.78 is 0. The lowest BCUT2D eigenvalue weighted by atomic mass is 9.93. The Balaban J connectivity index is 1.72. The minimum absolute atomic E-state index is 0.0914. The molecule has 4 rings (SSSR count). The van der Waals surface area contributed by atoms with Gasteiger partial charge in [0.15, 0.2) is 0 Å². The smallest absolute Gasteiger partial charge is 0.279 e. The van der Waals surface area contributed by atoms with Gasteiger partial charge in [0.25, 0.3) is 5.91 Å². The predicted molar refractivity (Wildman–Crippen MR) is 119 cm³/mol. The molecule has 4 nitrogen and oxygen atoms in total. The van der Waals surface area contributed by atoms with E-state index >= 15 is 0 Å². The van der Waals surface area contributed by atoms with Crippen molar-refractivity contribution in [1.29, 1.82) is 0 Å². The molecule has 29 heavy (non-hydrogen) atoms. The summed E-state index contributed by atoms with van der Waals surface area (Å²) in [6.45, 7) is 1.88. The average Bonchev–Trinajstić information content (AvgIpc) is 3.12. The molecule has 1 amide bonds. The zero-order valence-electron chi connectivity index (χ0n) is 16.3. The van der Waals surface area contributed by atoms with Crippen LogP contribution < -0.4 is 4.90 Å². The third kappa shape index (κ3) is 4.19. The van der Waals surface area contributed by atoms with E-state index in [-0.39, 0.29) is 11.9 Å². The number of rotatable bonds is 4. The predicted octanol–water partition coefficient (Wildman–Crippen LogP) is 6.67. The van der Waals surface area contributed by atoms with E-state index in [1.165, 1.54) is 6.42 Å². The van der Waals surface area contributed by atoms with Crippen molar-refractivity contribution in [2.45, 2.75) is 45.1 Å². The van der Waals surface area contributed by atoms with Crippen LogP contribution in [0.3, 0.4) is 0 Å². The maximum atomic E-state index is 13.7. The molecule has 2 aromatic carbocycles. The number of aryl methyl sites for hydroxylation is 1. The van der Waals surface area contributed by atoms with Crippen LogP contribution >= 0.6 is 23.2 Å². The zero-order valence-corrected chi connectivity index (χ0v) is 17.8. The number of benzene rings is 2. The van der Waals surface area contributed by atoms with Crippen LogP contribution in [0.15, 0.2) is 48.5 Å². The van der Waals surface area contributed by atoms with Crippen molar-refractivity contribution in [3.05, 3.63) is 70.0 Å². The molecule has 1 aliphatic rings. The lowest BCUT2D eigenvalue weighted by molar-refractivity contribution is 0.0965. The number of carbonyl (C=O) groups is 1. The molecule has 6 heteroatoms. The van der Waals surface area contributed by atoms with Gasteiger partial charge in [-0.15, -0.1) is 0 Å². The van der Waals surface area contributed by atoms with Crippen molar-refractivity contribution in [3.8, 4) is 11.4 Å². The Morgan fingerprint density at radius 1 is 1.03 bits per heavy atom. The van der Waals surface area contributed by atoms with Gasteiger partial charge in [-0.2, -0.15) is 0 Å². The van der Waals surface area contributed by atoms with E-state index in [1.54, 1.807) is 0 Å². The molecule has 0 unspecified atom stereocenters. The van der Waals surface area contributed by atoms with Gasteiger partial charge >= 0.3 is 0 Å². The maximum Gasteiger partial charge on any atom is 0.279 e. The fourth-order valence-corrected chi connectivity index (χ4v) is 4.35. The lowest BCUT2D eigenvalue weighted by Gasteiger charge is -2.34. The molecule has 0 bridgehead atoms. The minimum atomic E-state index is -0.0914. The van der Waals surface area contributed by atoms with Crippen molar-refractivity contribution in [2.24, 2.45) is 0 Å². The summed E-state index contributed by atoms with van der Waals surface area (Å²) in [6.07, 6.45) is 5.47. The molecule has 0 spiro atoms. The molecule has 1 aliphatic carbocycles. The van der Waals surface area contributed by atoms with Gasteiger partial charge in [-0.1, -0.05) is 54.6 Å². The highest BCUT2D eigenvalue weighted by atomic mass is 35.5. The van der Waals surface area contributed by atoms with Crippen molar-refractivity contribution in [2.75, 3.05) is 4.90 Å². The Morgan fingerprint density at radius 2 is 1.72 bits per heavy atom. The number of hydrogen-bond acceptors (Lipinski definition) is 2. The number of halogens is 2. The number of anilines is 1. The van der Waals surface area contributed by atoms with Crippen LogP contribution in [0.25, 0.3) is 11.4 Å². The molecule has 3 aromatic rings. The quantitative estimate of drug-likeness (QED) is 0.504. The summed E-state index contributed by atoms with van der Waals surface area (Å²) in [4.78, 5) is 23.4. The number of aromatic nitrogens is 2. The number of imidazole rings is 1. The van der Waals surface area contributed by atoms with Crippen LogP contribution in [0.1, 0.15) is 48.3 Å². The van der Waals surface area contributed by atoms with E-state index in [1.807, 2.05) is 60.4 Å². The van der Waals surface area contributed by atoms with Gasteiger partial charge in [-0.25, -0.2) is 4.98 Å². The fourth-order valence-electron chi connectivity index (χ4n) is 4.00. The fraction of sp³-hybridized carbons (Fsp3) is 0.304. The van der Waals surface area contributed by atoms with E-state index < -0.39 is 0 Å². The molecule has 1 heterocycles. The minimum Gasteiger partial charge on any atom is -0.341 e. The first-order chi connectivity index (χ1) is 14.0. The van der Waals surface area contributed by atoms with Crippen LogP contribution in [-0.4, -0.2) is 21.9 Å². The SMILES string of the molecule is Cc1[nH]c(-c2ccccc2Cl)nc1C(=O)N(c1ccc(Cl)cc1)C1CCCCC1. The molecule has 0 atom stereocenters. The summed E-state index contributed by atoms with van der Waals surface area (Å²) in [5.41, 5.74) is 2.81. The standard InChI is InChI=1S/C23H23Cl2N3O/c1-15-21(27-22(26-15)19-9-5-6-10-20(19)25)23(29)28(17-7-3-2-4-8-17)18-13-11-16(24)12-14-18/h5-6,9-14,17H,2-4,7-8H2,1H3,(H,26,27). The van der Waals surface area contributed by atoms with E-state index in [0.29, 0.717) is 21.6 Å². The zero-order chi connectivity index (χ0) is 20.4. The first-order valence-electron chi connectivity index (χ1n) is 9.95. The second kappa shape index (κ2) is 8.60. The maximum absolute atomic E-state index is 13.7. The van der Waals surface area contributed by atoms with Crippen molar-refractivity contribution in [3.63, 3.8) is 0 Å². The Hall–Kier alpha value is -2.30. The van der Waals surface area contributed by atoms with Gasteiger partial charge in [0.05, 0.1) is 5.02 Å². The van der Waals surface area contributed by atoms with Gasteiger partial charge < -0.3 is 9.88 Å². The molecule has 0 saturated heterocycles. The average molecular weight is 428 g/mol. The van der Waals surface area contributed by atoms with Crippen LogP contribution in [0, 0.1) is 6.92 Å². The number of H-pyrrole nitrogens is 1. The summed E-state index contributed by atoms with van der Waals surface area (Å²) in [7, 11) is 0. The molecule has 0 radical (unpaired) electrons. The molecule has 1 N–H and O–H groups in total. The van der Waals surface area contributed by atoms with Crippen molar-refractivity contribution < 1.29 is 4.79 Å². The summed E-state index contributed by atoms with van der Waals surface area (Å²) in [6, 6.07) is 15.1. The third-order valence-electron chi connectivity index (χ3n) is 5.48. The number of nitrogens with one attached hydrogen (secondary N) is 1. The normalized spacial score (nSPS) is 14.7. The van der Waals surface area contributed by atoms with Crippen molar-refractivity contribution >= 4 is 34.8 Å². The van der Waals surface area contributed by atoms with Crippen LogP contribution in [-0.2, 0) is 0 Å². The Bertz CT molecular complexity index is 1010. The number of carbonyl (C=O) groups excluding carboxylic acids is 1. The molecule has 150 valence electrons. The first kappa shape index (κ1) is 20.0. The molecule has 1 saturated carbocycles. The molecular weight excluding hydrogens is 405 g/mol. The Labute approximate surface area is 180 Å². The summed E-state index contributed by atoms with van der Waals surface area (Å²) in [5, 5.41) is 1.25. The summed E-state index contributed by atoms with van der Waals surface area (Å²) in [5.74, 6) is 0.516. The molecular formula is C23H23Cl2N3O. The largest absolute Gasteiger partial charge is 0.341 e. The van der Waals surface area contributed by atoms with Gasteiger partial charge in [0, 0.05) is 28.0 Å². The lowest BCUT2D eigenvalue weighted by Crippen LogP contribution is -2.42. The van der Waals surface area contributed by atoms with E-state index in [2.05, 4.69) is 9.97 Å². The van der Waals surface area contributed by atoms with Crippen LogP contribution in [0.4, 0.5) is 5.69 Å². The highest BCUT2D eigenvalue weighted by Crippen LogP contribution is 2.31. The van der Waals surface area contributed by atoms with Gasteiger partial charge in [0.1, 0.15) is 11.5 Å². The number of amides is 1. The Kier molecular flexibility index (Phi) is 5.93. The highest BCUT2D eigenvalue weighted by molar-refractivity contribution is 6.33. The number of aromatic amines is 1. The van der Waals surface area contributed by atoms with Gasteiger partial charge in [-0.05, 0) is 56.2 Å². The third-order valence-corrected chi connectivity index (χ3v) is 6.06. The van der Waals surface area contributed by atoms with Crippen molar-refractivity contribution in [1.82, 2.24) is 9.97 Å². The number of nitrogens with zero attached hydrogens (tertiary/aromatic N) is 2. The van der Waals surface area contributed by atoms with Crippen LogP contribution in [0.2, 0.25) is 10.0 Å². The van der Waals surface area contributed by atoms with Gasteiger partial charge in [-0.3, -0.25) is 4.79 Å². The van der Waals surface area contributed by atoms with Gasteiger partial charge in [0.2, 0.25) is 0 Å². The van der Waals surface area contributed by atoms with Crippen LogP contribution in [0.5, 0.6) is 0 Å². The first-order valence-corrected chi connectivity index (χ1v) is 10.7. The molecule has 1 fully saturated rings. The topological polar surface area (TPSA) is 49.0 Å². The molecule has 0 aliphatic heterocycles. The van der Waals surface area contributed by atoms with E-state index in [0.717, 1.165) is 42.6 Å². The monoisotopic (exact) mass is 427 g/mol. The Morgan fingerprint density at radius 3 is 2.41 bits per heavy atom. The van der Waals surface area contributed by atoms with E-state index in [9.17, 15) is 4.79 Å². The van der Waals surface area contributed by atoms with E-state index in [4.69, 9.17) is 23.2 Å². The molecule has 1 aromatic heterocycles. The second-order valence-corrected chi connectivity index (χ2v) is 8.33.